The zero-order valence-corrected chi connectivity index (χ0v) is 34.0. The number of hydrogen-bond donors (Lipinski definition) is 6. The van der Waals surface area contributed by atoms with Crippen LogP contribution in [0, 0.1) is 0 Å². The number of nitrogens with zero attached hydrogens (tertiary/aromatic N) is 1. The van der Waals surface area contributed by atoms with E-state index in [1.54, 1.807) is 6.07 Å². The number of rotatable bonds is 12. The van der Waals surface area contributed by atoms with Crippen LogP contribution in [0.3, 0.4) is 0 Å². The number of hydrogen-bond acceptors (Lipinski definition) is 7. The fourth-order valence-electron chi connectivity index (χ4n) is 8.56. The van der Waals surface area contributed by atoms with Gasteiger partial charge in [-0.3, -0.25) is 4.79 Å². The van der Waals surface area contributed by atoms with Gasteiger partial charge in [-0.05, 0) is 140 Å². The van der Waals surface area contributed by atoms with E-state index in [4.69, 9.17) is 0 Å². The Kier molecular flexibility index (Phi) is 17.4. The lowest BCUT2D eigenvalue weighted by Crippen LogP contribution is -2.29. The van der Waals surface area contributed by atoms with Crippen molar-refractivity contribution in [2.45, 2.75) is 155 Å². The third-order valence-corrected chi connectivity index (χ3v) is 11.6. The SMILES string of the molecule is C1CCNC1.CCCCCc1cc(O)c(C2C=C(C)CCC2)c(O)c1C(=O)N1CCCC1.CCCCCc1cc(O)c(C2C=C(C)CCC2)c(O)c1C(=O)O. The van der Waals surface area contributed by atoms with Gasteiger partial charge >= 0.3 is 5.97 Å². The van der Waals surface area contributed by atoms with Crippen molar-refractivity contribution in [2.24, 2.45) is 0 Å². The Balaban J connectivity index is 0.000000219. The molecule has 2 aliphatic carbocycles. The molecule has 0 saturated carbocycles. The molecule has 2 aromatic rings. The van der Waals surface area contributed by atoms with Crippen molar-refractivity contribution in [2.75, 3.05) is 26.2 Å². The second-order valence-corrected chi connectivity index (χ2v) is 16.1. The molecule has 2 aliphatic heterocycles. The van der Waals surface area contributed by atoms with Crippen molar-refractivity contribution < 1.29 is 35.1 Å². The van der Waals surface area contributed by atoms with Crippen LogP contribution in [0.4, 0.5) is 0 Å². The largest absolute Gasteiger partial charge is 0.507 e. The van der Waals surface area contributed by atoms with Gasteiger partial charge in [0.1, 0.15) is 28.6 Å². The number of phenolic OH excluding ortho intramolecular Hbond substituents is 3. The predicted molar refractivity (Wildman–Crippen MR) is 221 cm³/mol. The normalized spacial score (nSPS) is 19.5. The van der Waals surface area contributed by atoms with E-state index in [0.29, 0.717) is 35.1 Å². The molecule has 0 radical (unpaired) electrons. The van der Waals surface area contributed by atoms with Crippen LogP contribution < -0.4 is 5.32 Å². The van der Waals surface area contributed by atoms with Crippen molar-refractivity contribution in [3.8, 4) is 23.0 Å². The molecule has 0 bridgehead atoms. The number of aromatic carboxylic acids is 1. The van der Waals surface area contributed by atoms with Gasteiger partial charge in [0, 0.05) is 36.1 Å². The van der Waals surface area contributed by atoms with E-state index < -0.39 is 5.97 Å². The minimum atomic E-state index is -1.13. The number of aryl methyl sites for hydroxylation is 2. The molecular weight excluding hydrogens is 693 g/mol. The van der Waals surface area contributed by atoms with Crippen LogP contribution in [0.5, 0.6) is 23.0 Å². The quantitative estimate of drug-likeness (QED) is 0.0924. The summed E-state index contributed by atoms with van der Waals surface area (Å²) in [5, 5.41) is 55.5. The summed E-state index contributed by atoms with van der Waals surface area (Å²) in [7, 11) is 0. The molecule has 2 heterocycles. The molecule has 6 rings (SSSR count). The Morgan fingerprint density at radius 2 is 1.13 bits per heavy atom. The molecule has 2 atom stereocenters. The molecular formula is C46H68N2O7. The highest BCUT2D eigenvalue weighted by molar-refractivity contribution is 5.99. The maximum absolute atomic E-state index is 13.2. The Hall–Kier alpha value is -3.98. The van der Waals surface area contributed by atoms with Crippen molar-refractivity contribution >= 4 is 11.9 Å². The summed E-state index contributed by atoms with van der Waals surface area (Å²) >= 11 is 0. The number of unbranched alkanes of at least 4 members (excludes halogenated alkanes) is 4. The summed E-state index contributed by atoms with van der Waals surface area (Å²) in [6.45, 7) is 12.4. The molecule has 55 heavy (non-hydrogen) atoms. The summed E-state index contributed by atoms with van der Waals surface area (Å²) in [6.07, 6.45) is 22.0. The van der Waals surface area contributed by atoms with Gasteiger partial charge in [-0.1, -0.05) is 62.8 Å². The first kappa shape index (κ1) is 43.7. The number of benzene rings is 2. The third-order valence-electron chi connectivity index (χ3n) is 11.6. The van der Waals surface area contributed by atoms with Gasteiger partial charge < -0.3 is 35.7 Å². The molecule has 9 nitrogen and oxygen atoms in total. The van der Waals surface area contributed by atoms with Crippen molar-refractivity contribution in [3.05, 3.63) is 68.8 Å². The van der Waals surface area contributed by atoms with Gasteiger partial charge in [0.05, 0.1) is 5.56 Å². The van der Waals surface area contributed by atoms with Crippen LogP contribution in [0.15, 0.2) is 35.4 Å². The molecule has 2 unspecified atom stereocenters. The number of amides is 1. The van der Waals surface area contributed by atoms with Gasteiger partial charge in [0.25, 0.3) is 5.91 Å². The standard InChI is InChI=1S/C23H33NO3.C19H26O4.C4H9N/c1-3-4-5-10-18-15-19(25)20(17-11-8-9-16(2)14-17)22(26)21(18)23(27)24-12-6-7-13-24;1-3-4-5-8-14-11-15(20)16(18(21)17(14)19(22)23)13-9-6-7-12(2)10-13;1-2-4-5-3-1/h14-15,17,25-26H,3-13H2,1-2H3;10-11,13,20-21H,3-9H2,1-2H3,(H,22,23);5H,1-4H2. The fourth-order valence-corrected chi connectivity index (χ4v) is 8.56. The second kappa shape index (κ2) is 21.9. The first-order valence-corrected chi connectivity index (χ1v) is 21.2. The minimum Gasteiger partial charge on any atom is -0.507 e. The van der Waals surface area contributed by atoms with E-state index in [1.165, 1.54) is 43.1 Å². The third kappa shape index (κ3) is 12.0. The average Bonchev–Trinajstić information content (AvgIpc) is 3.91. The maximum atomic E-state index is 13.2. The summed E-state index contributed by atoms with van der Waals surface area (Å²) in [4.78, 5) is 26.7. The molecule has 2 saturated heterocycles. The Morgan fingerprint density at radius 1 is 0.673 bits per heavy atom. The fraction of sp³-hybridized carbons (Fsp3) is 0.609. The van der Waals surface area contributed by atoms with Gasteiger partial charge in [-0.25, -0.2) is 4.79 Å². The van der Waals surface area contributed by atoms with Gasteiger partial charge in [-0.2, -0.15) is 0 Å². The molecule has 4 aliphatic rings. The van der Waals surface area contributed by atoms with Crippen LogP contribution in [0.25, 0.3) is 0 Å². The number of carbonyl (C=O) groups excluding carboxylic acids is 1. The van der Waals surface area contributed by atoms with E-state index in [2.05, 4.69) is 32.2 Å². The molecule has 1 amide bonds. The summed E-state index contributed by atoms with van der Waals surface area (Å²) in [5.74, 6) is -1.46. The Labute approximate surface area is 329 Å². The number of carbonyl (C=O) groups is 2. The zero-order valence-electron chi connectivity index (χ0n) is 34.0. The van der Waals surface area contributed by atoms with E-state index in [-0.39, 0.29) is 46.3 Å². The van der Waals surface area contributed by atoms with Crippen LogP contribution in [-0.2, 0) is 12.8 Å². The van der Waals surface area contributed by atoms with Crippen LogP contribution in [0.2, 0.25) is 0 Å². The number of carboxylic acid groups (broad SMARTS) is 1. The number of nitrogens with one attached hydrogen (secondary N) is 1. The van der Waals surface area contributed by atoms with E-state index in [0.717, 1.165) is 109 Å². The molecule has 304 valence electrons. The van der Waals surface area contributed by atoms with Crippen LogP contribution in [0.1, 0.15) is 185 Å². The lowest BCUT2D eigenvalue weighted by atomic mass is 9.83. The number of carboxylic acids is 1. The van der Waals surface area contributed by atoms with Gasteiger partial charge in [0.2, 0.25) is 0 Å². The van der Waals surface area contributed by atoms with Gasteiger partial charge in [0.15, 0.2) is 0 Å². The van der Waals surface area contributed by atoms with Crippen molar-refractivity contribution in [1.29, 1.82) is 0 Å². The first-order valence-electron chi connectivity index (χ1n) is 21.2. The highest BCUT2D eigenvalue weighted by atomic mass is 16.4. The van der Waals surface area contributed by atoms with Crippen LogP contribution >= 0.6 is 0 Å². The number of phenols is 4. The molecule has 2 aromatic carbocycles. The van der Waals surface area contributed by atoms with Crippen molar-refractivity contribution in [1.82, 2.24) is 10.2 Å². The molecule has 0 spiro atoms. The highest BCUT2D eigenvalue weighted by Crippen LogP contribution is 2.45. The average molecular weight is 761 g/mol. The monoisotopic (exact) mass is 761 g/mol. The Morgan fingerprint density at radius 3 is 1.53 bits per heavy atom. The summed E-state index contributed by atoms with van der Waals surface area (Å²) in [5.41, 5.74) is 5.07. The predicted octanol–water partition coefficient (Wildman–Crippen LogP) is 10.4. The molecule has 2 fully saturated rings. The van der Waals surface area contributed by atoms with Crippen molar-refractivity contribution in [3.63, 3.8) is 0 Å². The van der Waals surface area contributed by atoms with Crippen LogP contribution in [-0.4, -0.2) is 68.5 Å². The molecule has 0 aromatic heterocycles. The summed E-state index contributed by atoms with van der Waals surface area (Å²) < 4.78 is 0. The lowest BCUT2D eigenvalue weighted by molar-refractivity contribution is 0.0691. The van der Waals surface area contributed by atoms with E-state index in [1.807, 2.05) is 17.9 Å². The smallest absolute Gasteiger partial charge is 0.339 e. The highest BCUT2D eigenvalue weighted by Gasteiger charge is 2.31. The summed E-state index contributed by atoms with van der Waals surface area (Å²) in [6, 6.07) is 3.28. The number of allylic oxidation sites excluding steroid dienone is 4. The maximum Gasteiger partial charge on any atom is 0.339 e. The van der Waals surface area contributed by atoms with E-state index in [9.17, 15) is 35.1 Å². The first-order chi connectivity index (χ1) is 26.5. The lowest BCUT2D eigenvalue weighted by Gasteiger charge is -2.25. The number of aromatic hydroxyl groups is 4. The zero-order chi connectivity index (χ0) is 39.9. The van der Waals surface area contributed by atoms with E-state index >= 15 is 0 Å². The topological polar surface area (TPSA) is 151 Å². The molecule has 6 N–H and O–H groups in total. The minimum absolute atomic E-state index is 0.00866. The molecule has 9 heteroatoms. The Bertz CT molecular complexity index is 1640. The van der Waals surface area contributed by atoms with Gasteiger partial charge in [-0.15, -0.1) is 0 Å². The second-order valence-electron chi connectivity index (χ2n) is 16.1. The number of likely N-dealkylation sites (tertiary alicyclic amines) is 1.